The van der Waals surface area contributed by atoms with Crippen molar-refractivity contribution in [2.24, 2.45) is 17.3 Å². The Labute approximate surface area is 278 Å². The van der Waals surface area contributed by atoms with Crippen molar-refractivity contribution in [3.63, 3.8) is 0 Å². The highest BCUT2D eigenvalue weighted by atomic mass is 16.7. The van der Waals surface area contributed by atoms with Gasteiger partial charge in [-0.25, -0.2) is 0 Å². The van der Waals surface area contributed by atoms with Gasteiger partial charge in [-0.2, -0.15) is 0 Å². The molecule has 262 valence electrons. The Hall–Kier alpha value is -2.19. The van der Waals surface area contributed by atoms with Crippen molar-refractivity contribution in [2.75, 3.05) is 6.61 Å². The van der Waals surface area contributed by atoms with E-state index in [0.717, 1.165) is 44.9 Å². The Bertz CT molecular complexity index is 1090. The van der Waals surface area contributed by atoms with Crippen LogP contribution in [0, 0.1) is 17.3 Å². The Morgan fingerprint density at radius 1 is 0.957 bits per heavy atom. The lowest BCUT2D eigenvalue weighted by Crippen LogP contribution is -2.53. The summed E-state index contributed by atoms with van der Waals surface area (Å²) in [6.45, 7) is 12.2. The molecule has 1 amide bonds. The molecule has 46 heavy (non-hydrogen) atoms. The molecule has 5 atom stereocenters. The van der Waals surface area contributed by atoms with Crippen molar-refractivity contribution >= 4 is 17.7 Å². The molecule has 1 saturated carbocycles. The number of nitrogens with one attached hydrogen (secondary N) is 2. The molecule has 2 heterocycles. The van der Waals surface area contributed by atoms with Gasteiger partial charge in [-0.15, -0.1) is 0 Å². The Morgan fingerprint density at radius 2 is 1.59 bits per heavy atom. The average Bonchev–Trinajstić information content (AvgIpc) is 3.50. The smallest absolute Gasteiger partial charge is 0.304 e. The van der Waals surface area contributed by atoms with E-state index in [1.165, 1.54) is 57.8 Å². The summed E-state index contributed by atoms with van der Waals surface area (Å²) in [5, 5.41) is 13.4. The normalized spacial score (nSPS) is 23.8. The summed E-state index contributed by atoms with van der Waals surface area (Å²) in [4.78, 5) is 43.2. The van der Waals surface area contributed by atoms with Gasteiger partial charge < -0.3 is 24.9 Å². The number of aromatic nitrogens is 1. The van der Waals surface area contributed by atoms with Gasteiger partial charge in [-0.1, -0.05) is 105 Å². The Balaban J connectivity index is 1.66. The number of carbonyl (C=O) groups is 3. The average molecular weight is 645 g/mol. The van der Waals surface area contributed by atoms with Crippen LogP contribution in [-0.4, -0.2) is 52.3 Å². The number of carboxylic acids is 1. The fourth-order valence-electron chi connectivity index (χ4n) is 7.54. The molecule has 1 saturated heterocycles. The van der Waals surface area contributed by atoms with Gasteiger partial charge in [-0.3, -0.25) is 14.4 Å². The summed E-state index contributed by atoms with van der Waals surface area (Å²) in [7, 11) is 0. The zero-order valence-electron chi connectivity index (χ0n) is 29.8. The first-order valence-electron chi connectivity index (χ1n) is 18.5. The summed E-state index contributed by atoms with van der Waals surface area (Å²) in [5.74, 6) is -2.43. The van der Waals surface area contributed by atoms with Crippen LogP contribution in [-0.2, 0) is 19.1 Å². The number of carboxylic acid groups (broad SMARTS) is 1. The molecular formula is C38H64N2O6. The number of hydrogen-bond acceptors (Lipinski definition) is 5. The van der Waals surface area contributed by atoms with Gasteiger partial charge in [0.25, 0.3) is 0 Å². The number of hydrogen-bond donors (Lipinski definition) is 3. The van der Waals surface area contributed by atoms with Crippen molar-refractivity contribution in [3.05, 3.63) is 23.5 Å². The predicted octanol–water partition coefficient (Wildman–Crippen LogP) is 8.95. The maximum Gasteiger partial charge on any atom is 0.304 e. The van der Waals surface area contributed by atoms with E-state index in [0.29, 0.717) is 17.9 Å². The highest BCUT2D eigenvalue weighted by Gasteiger charge is 2.47. The van der Waals surface area contributed by atoms with Gasteiger partial charge in [-0.05, 0) is 51.5 Å². The van der Waals surface area contributed by atoms with Crippen LogP contribution in [0.4, 0.5) is 0 Å². The van der Waals surface area contributed by atoms with E-state index in [-0.39, 0.29) is 36.0 Å². The molecule has 2 aliphatic rings. The number of unbranched alkanes of at least 4 members (excludes halogenated alkanes) is 9. The highest BCUT2D eigenvalue weighted by Crippen LogP contribution is 2.42. The van der Waals surface area contributed by atoms with Crippen LogP contribution in [0.25, 0.3) is 0 Å². The minimum Gasteiger partial charge on any atom is -0.481 e. The number of H-pyrrole nitrogens is 1. The third-order valence-electron chi connectivity index (χ3n) is 10.4. The minimum absolute atomic E-state index is 0.0339. The van der Waals surface area contributed by atoms with Crippen molar-refractivity contribution in [1.82, 2.24) is 10.3 Å². The summed E-state index contributed by atoms with van der Waals surface area (Å²) in [6.07, 6.45) is 18.9. The molecule has 1 aromatic heterocycles. The highest BCUT2D eigenvalue weighted by molar-refractivity contribution is 6.01. The lowest BCUT2D eigenvalue weighted by molar-refractivity contribution is -0.298. The van der Waals surface area contributed by atoms with E-state index < -0.39 is 29.2 Å². The van der Waals surface area contributed by atoms with E-state index in [4.69, 9.17) is 9.47 Å². The molecule has 1 aliphatic carbocycles. The summed E-state index contributed by atoms with van der Waals surface area (Å²) in [6, 6.07) is 1.62. The molecule has 1 aliphatic heterocycles. The van der Waals surface area contributed by atoms with E-state index in [9.17, 15) is 19.5 Å². The molecule has 3 rings (SSSR count). The van der Waals surface area contributed by atoms with Gasteiger partial charge in [0.2, 0.25) is 5.91 Å². The SMILES string of the molecule is CCCCCCCCCCCCC(CC)C(=O)NC1CCCCC1C(CC(=O)O)c1[nH]ccc1C(=O)C1OC(C)(C)OCC1(C)C. The fourth-order valence-corrected chi connectivity index (χ4v) is 7.54. The van der Waals surface area contributed by atoms with Crippen LogP contribution in [0.3, 0.4) is 0 Å². The number of amides is 1. The lowest BCUT2D eigenvalue weighted by atomic mass is 9.72. The van der Waals surface area contributed by atoms with Crippen LogP contribution in [0.2, 0.25) is 0 Å². The second-order valence-corrected chi connectivity index (χ2v) is 15.2. The first-order valence-corrected chi connectivity index (χ1v) is 18.5. The van der Waals surface area contributed by atoms with Gasteiger partial charge in [0.05, 0.1) is 13.0 Å². The number of Topliss-reactive ketones (excluding diaryl/α,β-unsaturated/α-hetero) is 1. The van der Waals surface area contributed by atoms with Crippen LogP contribution in [0.1, 0.15) is 173 Å². The van der Waals surface area contributed by atoms with E-state index in [2.05, 4.69) is 24.1 Å². The molecular weight excluding hydrogens is 580 g/mol. The molecule has 0 radical (unpaired) electrons. The third kappa shape index (κ3) is 11.2. The maximum atomic E-state index is 14.1. The van der Waals surface area contributed by atoms with E-state index in [1.54, 1.807) is 12.3 Å². The van der Waals surface area contributed by atoms with Crippen molar-refractivity contribution in [1.29, 1.82) is 0 Å². The van der Waals surface area contributed by atoms with Crippen LogP contribution in [0.15, 0.2) is 12.3 Å². The molecule has 3 N–H and O–H groups in total. The third-order valence-corrected chi connectivity index (χ3v) is 10.4. The lowest BCUT2D eigenvalue weighted by Gasteiger charge is -2.45. The molecule has 8 heteroatoms. The Kier molecular flexibility index (Phi) is 15.3. The van der Waals surface area contributed by atoms with Crippen molar-refractivity contribution < 1.29 is 29.0 Å². The summed E-state index contributed by atoms with van der Waals surface area (Å²) >= 11 is 0. The quantitative estimate of drug-likeness (QED) is 0.0964. The van der Waals surface area contributed by atoms with Gasteiger partial charge in [0, 0.05) is 40.7 Å². The molecule has 2 fully saturated rings. The summed E-state index contributed by atoms with van der Waals surface area (Å²) in [5.41, 5.74) is 0.568. The second-order valence-electron chi connectivity index (χ2n) is 15.2. The molecule has 1 aromatic rings. The zero-order chi connectivity index (χ0) is 33.7. The molecule has 0 bridgehead atoms. The fraction of sp³-hybridized carbons (Fsp3) is 0.816. The minimum atomic E-state index is -0.912. The molecule has 0 spiro atoms. The van der Waals surface area contributed by atoms with Crippen molar-refractivity contribution in [2.45, 2.75) is 175 Å². The number of ketones is 1. The van der Waals surface area contributed by atoms with Crippen LogP contribution in [0.5, 0.6) is 0 Å². The first kappa shape index (κ1) is 38.3. The van der Waals surface area contributed by atoms with E-state index in [1.807, 2.05) is 27.7 Å². The number of ether oxygens (including phenoxy) is 2. The number of aromatic amines is 1. The predicted molar refractivity (Wildman–Crippen MR) is 183 cm³/mol. The molecule has 5 unspecified atom stereocenters. The molecule has 0 aromatic carbocycles. The van der Waals surface area contributed by atoms with Gasteiger partial charge >= 0.3 is 5.97 Å². The monoisotopic (exact) mass is 644 g/mol. The first-order chi connectivity index (χ1) is 21.9. The Morgan fingerprint density at radius 3 is 2.22 bits per heavy atom. The summed E-state index contributed by atoms with van der Waals surface area (Å²) < 4.78 is 12.0. The van der Waals surface area contributed by atoms with E-state index >= 15 is 0 Å². The largest absolute Gasteiger partial charge is 0.481 e. The van der Waals surface area contributed by atoms with Gasteiger partial charge in [0.15, 0.2) is 11.6 Å². The van der Waals surface area contributed by atoms with Gasteiger partial charge in [0.1, 0.15) is 6.10 Å². The number of rotatable bonds is 20. The van der Waals surface area contributed by atoms with Crippen LogP contribution >= 0.6 is 0 Å². The zero-order valence-corrected chi connectivity index (χ0v) is 29.8. The topological polar surface area (TPSA) is 118 Å². The maximum absolute atomic E-state index is 14.1. The number of aliphatic carboxylic acids is 1. The second kappa shape index (κ2) is 18.4. The van der Waals surface area contributed by atoms with Crippen LogP contribution < -0.4 is 5.32 Å². The standard InChI is InChI=1S/C38H64N2O6/c1-7-9-10-11-12-13-14-15-16-17-20-27(8-2)36(44)40-31-22-19-18-21-28(31)30(25-32(41)42)33-29(23-24-39-33)34(43)35-37(3,4)26-45-38(5,6)46-35/h23-24,27-28,30-31,35,39H,7-22,25-26H2,1-6H3,(H,40,44)(H,41,42). The molecule has 8 nitrogen and oxygen atoms in total. The van der Waals surface area contributed by atoms with Crippen molar-refractivity contribution in [3.8, 4) is 0 Å². The number of carbonyl (C=O) groups excluding carboxylic acids is 2.